The summed E-state index contributed by atoms with van der Waals surface area (Å²) in [5.74, 6) is -1.49. The third-order valence-electron chi connectivity index (χ3n) is 2.27. The van der Waals surface area contributed by atoms with Gasteiger partial charge in [-0.1, -0.05) is 24.8 Å². The minimum absolute atomic E-state index is 0.0692. The van der Waals surface area contributed by atoms with Crippen molar-refractivity contribution in [1.82, 2.24) is 0 Å². The first kappa shape index (κ1) is 15.3. The average molecular weight is 274 g/mol. The molecular weight excluding hydrogens is 260 g/mol. The summed E-state index contributed by atoms with van der Waals surface area (Å²) in [6.45, 7) is 5.36. The van der Waals surface area contributed by atoms with Crippen LogP contribution in [0.25, 0.3) is 5.53 Å². The molecule has 6 heteroatoms. The molecular formula is C14H14N2O4. The number of Topliss-reactive ketones (excluding diaryl/α,β-unsaturated/α-hetero) is 1. The summed E-state index contributed by atoms with van der Waals surface area (Å²) in [5.41, 5.74) is 8.24. The Labute approximate surface area is 116 Å². The Bertz CT molecular complexity index is 574. The zero-order chi connectivity index (χ0) is 15.0. The number of rotatable bonds is 7. The van der Waals surface area contributed by atoms with Gasteiger partial charge >= 0.3 is 11.7 Å². The fourth-order valence-corrected chi connectivity index (χ4v) is 1.43. The van der Waals surface area contributed by atoms with E-state index in [0.717, 1.165) is 0 Å². The zero-order valence-electron chi connectivity index (χ0n) is 11.0. The molecule has 0 bridgehead atoms. The number of hydrogen-bond acceptors (Lipinski definition) is 4. The van der Waals surface area contributed by atoms with Gasteiger partial charge in [-0.2, -0.15) is 4.79 Å². The molecule has 0 saturated heterocycles. The molecule has 104 valence electrons. The van der Waals surface area contributed by atoms with Crippen LogP contribution in [0.4, 0.5) is 0 Å². The van der Waals surface area contributed by atoms with Crippen LogP contribution >= 0.6 is 0 Å². The number of ether oxygens (including phenoxy) is 2. The molecule has 0 aliphatic rings. The third-order valence-corrected chi connectivity index (χ3v) is 2.27. The largest absolute Gasteiger partial charge is 0.489 e. The van der Waals surface area contributed by atoms with Gasteiger partial charge in [-0.25, -0.2) is 4.79 Å². The summed E-state index contributed by atoms with van der Waals surface area (Å²) in [6, 6.07) is 6.31. The van der Waals surface area contributed by atoms with Crippen molar-refractivity contribution in [3.8, 4) is 5.75 Å². The van der Waals surface area contributed by atoms with Crippen molar-refractivity contribution in [3.05, 3.63) is 48.0 Å². The smallest absolute Gasteiger partial charge is 0.446 e. The SMILES string of the molecule is C=CCOc1ccccc1C(=O)C(=[N+]=[N-])C(=O)OCC. The first-order chi connectivity index (χ1) is 9.65. The maximum absolute atomic E-state index is 12.2. The molecule has 0 heterocycles. The standard InChI is InChI=1S/C14H14N2O4/c1-3-9-20-11-8-6-5-7-10(11)13(17)12(16-15)14(18)19-4-2/h3,5-8H,1,4,9H2,2H3. The predicted molar refractivity (Wildman–Crippen MR) is 71.7 cm³/mol. The number of esters is 1. The molecule has 0 aliphatic carbocycles. The second-order valence-electron chi connectivity index (χ2n) is 3.59. The highest BCUT2D eigenvalue weighted by molar-refractivity contribution is 6.65. The number of carbonyl (C=O) groups is 2. The zero-order valence-corrected chi connectivity index (χ0v) is 11.0. The Kier molecular flexibility index (Phi) is 5.87. The van der Waals surface area contributed by atoms with E-state index in [1.165, 1.54) is 12.1 Å². The van der Waals surface area contributed by atoms with Crippen molar-refractivity contribution >= 4 is 17.5 Å². The molecule has 0 N–H and O–H groups in total. The van der Waals surface area contributed by atoms with E-state index in [1.807, 2.05) is 0 Å². The van der Waals surface area contributed by atoms with Gasteiger partial charge in [-0.3, -0.25) is 4.79 Å². The van der Waals surface area contributed by atoms with Gasteiger partial charge in [0, 0.05) is 0 Å². The quantitative estimate of drug-likeness (QED) is 0.144. The van der Waals surface area contributed by atoms with Crippen LogP contribution in [-0.4, -0.2) is 35.5 Å². The van der Waals surface area contributed by atoms with Crippen molar-refractivity contribution in [2.75, 3.05) is 13.2 Å². The lowest BCUT2D eigenvalue weighted by Crippen LogP contribution is -2.28. The van der Waals surface area contributed by atoms with Crippen molar-refractivity contribution in [3.63, 3.8) is 0 Å². The molecule has 0 saturated carbocycles. The normalized spacial score (nSPS) is 9.25. The van der Waals surface area contributed by atoms with Gasteiger partial charge in [-0.15, -0.1) is 0 Å². The van der Waals surface area contributed by atoms with Crippen LogP contribution in [0.3, 0.4) is 0 Å². The Morgan fingerprint density at radius 1 is 1.40 bits per heavy atom. The summed E-state index contributed by atoms with van der Waals surface area (Å²) in [6.07, 6.45) is 1.52. The molecule has 6 nitrogen and oxygen atoms in total. The molecule has 0 radical (unpaired) electrons. The minimum atomic E-state index is -0.987. The lowest BCUT2D eigenvalue weighted by atomic mass is 10.1. The van der Waals surface area contributed by atoms with Crippen molar-refractivity contribution in [2.45, 2.75) is 6.92 Å². The van der Waals surface area contributed by atoms with Gasteiger partial charge < -0.3 is 15.0 Å². The number of nitrogens with zero attached hydrogens (tertiary/aromatic N) is 2. The van der Waals surface area contributed by atoms with Gasteiger partial charge in [-0.05, 0) is 19.1 Å². The van der Waals surface area contributed by atoms with E-state index in [-0.39, 0.29) is 24.5 Å². The molecule has 0 spiro atoms. The predicted octanol–water partition coefficient (Wildman–Crippen LogP) is 1.67. The van der Waals surface area contributed by atoms with Gasteiger partial charge in [0.25, 0.3) is 5.78 Å². The summed E-state index contributed by atoms with van der Waals surface area (Å²) >= 11 is 0. The van der Waals surface area contributed by atoms with E-state index < -0.39 is 17.5 Å². The molecule has 20 heavy (non-hydrogen) atoms. The molecule has 1 rings (SSSR count). The third kappa shape index (κ3) is 3.63. The van der Waals surface area contributed by atoms with E-state index in [2.05, 4.69) is 16.1 Å². The van der Waals surface area contributed by atoms with Crippen molar-refractivity contribution < 1.29 is 23.9 Å². The van der Waals surface area contributed by atoms with E-state index in [0.29, 0.717) is 0 Å². The van der Waals surface area contributed by atoms with Crippen LogP contribution in [0.15, 0.2) is 36.9 Å². The number of para-hydroxylation sites is 1. The van der Waals surface area contributed by atoms with Gasteiger partial charge in [0.2, 0.25) is 0 Å². The van der Waals surface area contributed by atoms with Crippen molar-refractivity contribution in [2.24, 2.45) is 0 Å². The summed E-state index contributed by atoms with van der Waals surface area (Å²) in [5, 5.41) is 0. The molecule has 0 aliphatic heterocycles. The highest BCUT2D eigenvalue weighted by atomic mass is 16.5. The topological polar surface area (TPSA) is 89.0 Å². The first-order valence-electron chi connectivity index (χ1n) is 5.92. The number of hydrogen-bond donors (Lipinski definition) is 0. The Hall–Kier alpha value is -2.72. The lowest BCUT2D eigenvalue weighted by Gasteiger charge is -2.07. The average Bonchev–Trinajstić information content (AvgIpc) is 2.46. The Morgan fingerprint density at radius 3 is 2.70 bits per heavy atom. The fourth-order valence-electron chi connectivity index (χ4n) is 1.43. The van der Waals surface area contributed by atoms with Crippen LogP contribution in [0.5, 0.6) is 5.75 Å². The van der Waals surface area contributed by atoms with E-state index in [4.69, 9.17) is 10.3 Å². The van der Waals surface area contributed by atoms with Crippen LogP contribution in [0, 0.1) is 0 Å². The van der Waals surface area contributed by atoms with E-state index in [9.17, 15) is 9.59 Å². The minimum Gasteiger partial charge on any atom is -0.489 e. The fraction of sp³-hybridized carbons (Fsp3) is 0.214. The molecule has 1 aromatic rings. The van der Waals surface area contributed by atoms with Gasteiger partial charge in [0.1, 0.15) is 12.4 Å². The van der Waals surface area contributed by atoms with E-state index in [1.54, 1.807) is 25.1 Å². The number of ketones is 1. The maximum atomic E-state index is 12.2. The maximum Gasteiger partial charge on any atom is 0.446 e. The molecule has 1 aromatic carbocycles. The molecule has 0 aromatic heterocycles. The van der Waals surface area contributed by atoms with Crippen LogP contribution in [0.2, 0.25) is 0 Å². The Balaban J connectivity index is 3.10. The van der Waals surface area contributed by atoms with Gasteiger partial charge in [0.15, 0.2) is 0 Å². The first-order valence-corrected chi connectivity index (χ1v) is 5.92. The number of carbonyl (C=O) groups excluding carboxylic acids is 2. The summed E-state index contributed by atoms with van der Waals surface area (Å²) < 4.78 is 9.97. The van der Waals surface area contributed by atoms with Crippen LogP contribution < -0.4 is 4.74 Å². The monoisotopic (exact) mass is 274 g/mol. The van der Waals surface area contributed by atoms with E-state index >= 15 is 0 Å². The van der Waals surface area contributed by atoms with Gasteiger partial charge in [0.05, 0.1) is 12.2 Å². The summed E-state index contributed by atoms with van der Waals surface area (Å²) in [4.78, 5) is 26.4. The van der Waals surface area contributed by atoms with Crippen molar-refractivity contribution in [1.29, 1.82) is 0 Å². The molecule has 0 amide bonds. The summed E-state index contributed by atoms with van der Waals surface area (Å²) in [7, 11) is 0. The second-order valence-corrected chi connectivity index (χ2v) is 3.59. The number of benzene rings is 1. The highest BCUT2D eigenvalue weighted by Gasteiger charge is 2.33. The lowest BCUT2D eigenvalue weighted by molar-refractivity contribution is -0.139. The second kappa shape index (κ2) is 7.66. The van der Waals surface area contributed by atoms with Crippen LogP contribution in [0.1, 0.15) is 17.3 Å². The highest BCUT2D eigenvalue weighted by Crippen LogP contribution is 2.19. The molecule has 0 fully saturated rings. The molecule has 0 atom stereocenters. The van der Waals surface area contributed by atoms with Crippen LogP contribution in [-0.2, 0) is 9.53 Å². The molecule has 0 unspecified atom stereocenters. The Morgan fingerprint density at radius 2 is 2.10 bits per heavy atom.